The van der Waals surface area contributed by atoms with E-state index in [-0.39, 0.29) is 6.09 Å². The van der Waals surface area contributed by atoms with E-state index < -0.39 is 5.60 Å². The first kappa shape index (κ1) is 16.0. The molecule has 2 aliphatic heterocycles. The van der Waals surface area contributed by atoms with E-state index in [2.05, 4.69) is 23.1 Å². The third kappa shape index (κ3) is 3.89. The zero-order valence-electron chi connectivity index (χ0n) is 14.3. The summed E-state index contributed by atoms with van der Waals surface area (Å²) < 4.78 is 11.1. The molecule has 1 aromatic rings. The lowest BCUT2D eigenvalue weighted by atomic mass is 10.1. The second-order valence-electron chi connectivity index (χ2n) is 7.20. The Hall–Kier alpha value is -1.91. The Labute approximate surface area is 138 Å². The summed E-state index contributed by atoms with van der Waals surface area (Å²) in [5, 5.41) is 0. The molecule has 0 bridgehead atoms. The minimum atomic E-state index is -0.438. The van der Waals surface area contributed by atoms with Crippen LogP contribution in [0.15, 0.2) is 18.2 Å². The molecule has 0 atom stereocenters. The molecule has 0 unspecified atom stereocenters. The lowest BCUT2D eigenvalue weighted by Gasteiger charge is -2.37. The van der Waals surface area contributed by atoms with Gasteiger partial charge in [-0.3, -0.25) is 0 Å². The van der Waals surface area contributed by atoms with Crippen LogP contribution < -0.4 is 9.64 Å². The van der Waals surface area contributed by atoms with Gasteiger partial charge in [0.2, 0.25) is 0 Å². The normalized spacial score (nSPS) is 18.2. The molecule has 23 heavy (non-hydrogen) atoms. The average Bonchev–Trinajstić information content (AvgIpc) is 2.53. The predicted octanol–water partition coefficient (Wildman–Crippen LogP) is 3.07. The predicted molar refractivity (Wildman–Crippen MR) is 90.3 cm³/mol. The molecule has 1 amide bonds. The molecular weight excluding hydrogens is 292 g/mol. The lowest BCUT2D eigenvalue weighted by Crippen LogP contribution is -2.50. The van der Waals surface area contributed by atoms with Crippen LogP contribution in [0.25, 0.3) is 0 Å². The fraction of sp³-hybridized carbons (Fsp3) is 0.611. The van der Waals surface area contributed by atoms with E-state index in [1.165, 1.54) is 11.3 Å². The molecule has 2 heterocycles. The molecule has 2 aliphatic rings. The molecule has 0 saturated carbocycles. The standard InChI is InChI=1S/C18H26N2O3/c1-18(2,3)23-17(21)20-10-8-19(9-11-20)15-6-7-16-14(13-15)5-4-12-22-16/h6-7,13H,4-5,8-12H2,1-3H3. The first-order chi connectivity index (χ1) is 10.9. The van der Waals surface area contributed by atoms with Crippen molar-refractivity contribution >= 4 is 11.8 Å². The van der Waals surface area contributed by atoms with Crippen molar-refractivity contribution in [2.45, 2.75) is 39.2 Å². The Morgan fingerprint density at radius 3 is 2.61 bits per heavy atom. The Morgan fingerprint density at radius 1 is 1.17 bits per heavy atom. The van der Waals surface area contributed by atoms with Gasteiger partial charge >= 0.3 is 6.09 Å². The highest BCUT2D eigenvalue weighted by Gasteiger charge is 2.26. The summed E-state index contributed by atoms with van der Waals surface area (Å²) in [4.78, 5) is 16.2. The van der Waals surface area contributed by atoms with E-state index in [4.69, 9.17) is 9.47 Å². The largest absolute Gasteiger partial charge is 0.493 e. The van der Waals surface area contributed by atoms with Crippen LogP contribution in [0.3, 0.4) is 0 Å². The number of amides is 1. The van der Waals surface area contributed by atoms with Crippen molar-refractivity contribution in [1.82, 2.24) is 4.90 Å². The maximum absolute atomic E-state index is 12.1. The number of piperazine rings is 1. The van der Waals surface area contributed by atoms with Crippen molar-refractivity contribution in [3.05, 3.63) is 23.8 Å². The molecule has 0 aliphatic carbocycles. The number of rotatable bonds is 1. The Morgan fingerprint density at radius 2 is 1.91 bits per heavy atom. The molecule has 126 valence electrons. The average molecular weight is 318 g/mol. The molecule has 5 nitrogen and oxygen atoms in total. The topological polar surface area (TPSA) is 42.0 Å². The Balaban J connectivity index is 1.60. The van der Waals surface area contributed by atoms with Gasteiger partial charge in [-0.15, -0.1) is 0 Å². The van der Waals surface area contributed by atoms with Gasteiger partial charge in [0.1, 0.15) is 11.4 Å². The number of hydrogen-bond acceptors (Lipinski definition) is 4. The summed E-state index contributed by atoms with van der Waals surface area (Å²) in [7, 11) is 0. The minimum absolute atomic E-state index is 0.212. The molecule has 5 heteroatoms. The van der Waals surface area contributed by atoms with Gasteiger partial charge in [-0.25, -0.2) is 4.79 Å². The molecular formula is C18H26N2O3. The second kappa shape index (κ2) is 6.30. The summed E-state index contributed by atoms with van der Waals surface area (Å²) in [6.45, 7) is 9.58. The number of carbonyl (C=O) groups excluding carboxylic acids is 1. The second-order valence-corrected chi connectivity index (χ2v) is 7.20. The van der Waals surface area contributed by atoms with Crippen molar-refractivity contribution in [3.63, 3.8) is 0 Å². The van der Waals surface area contributed by atoms with Crippen LogP contribution in [0, 0.1) is 0 Å². The monoisotopic (exact) mass is 318 g/mol. The quantitative estimate of drug-likeness (QED) is 0.798. The zero-order chi connectivity index (χ0) is 16.4. The number of anilines is 1. The number of hydrogen-bond donors (Lipinski definition) is 0. The van der Waals surface area contributed by atoms with Crippen LogP contribution >= 0.6 is 0 Å². The number of nitrogens with zero attached hydrogens (tertiary/aromatic N) is 2. The molecule has 0 radical (unpaired) electrons. The molecule has 0 N–H and O–H groups in total. The van der Waals surface area contributed by atoms with Crippen LogP contribution in [0.4, 0.5) is 10.5 Å². The van der Waals surface area contributed by atoms with Gasteiger partial charge in [0.15, 0.2) is 0 Å². The highest BCUT2D eigenvalue weighted by Crippen LogP contribution is 2.29. The van der Waals surface area contributed by atoms with Gasteiger partial charge in [-0.05, 0) is 57.4 Å². The SMILES string of the molecule is CC(C)(C)OC(=O)N1CCN(c2ccc3c(c2)CCCO3)CC1. The number of ether oxygens (including phenoxy) is 2. The summed E-state index contributed by atoms with van der Waals surface area (Å²) in [6.07, 6.45) is 1.96. The maximum Gasteiger partial charge on any atom is 0.410 e. The molecule has 0 spiro atoms. The number of benzene rings is 1. The van der Waals surface area contributed by atoms with Crippen LogP contribution in [0.5, 0.6) is 5.75 Å². The highest BCUT2D eigenvalue weighted by atomic mass is 16.6. The summed E-state index contributed by atoms with van der Waals surface area (Å²) in [5.41, 5.74) is 2.08. The highest BCUT2D eigenvalue weighted by molar-refractivity contribution is 5.68. The fourth-order valence-electron chi connectivity index (χ4n) is 3.02. The molecule has 1 saturated heterocycles. The van der Waals surface area contributed by atoms with Crippen LogP contribution in [-0.4, -0.2) is 49.4 Å². The van der Waals surface area contributed by atoms with Crippen molar-refractivity contribution in [3.8, 4) is 5.75 Å². The summed E-state index contributed by atoms with van der Waals surface area (Å²) >= 11 is 0. The maximum atomic E-state index is 12.1. The van der Waals surface area contributed by atoms with Crippen LogP contribution in [0.2, 0.25) is 0 Å². The van der Waals surface area contributed by atoms with E-state index in [0.29, 0.717) is 13.1 Å². The molecule has 3 rings (SSSR count). The van der Waals surface area contributed by atoms with Gasteiger partial charge in [-0.1, -0.05) is 0 Å². The Bertz CT molecular complexity index is 572. The third-order valence-corrected chi connectivity index (χ3v) is 4.19. The lowest BCUT2D eigenvalue weighted by molar-refractivity contribution is 0.0240. The molecule has 0 aromatic heterocycles. The summed E-state index contributed by atoms with van der Waals surface area (Å²) in [6, 6.07) is 6.43. The van der Waals surface area contributed by atoms with Crippen LogP contribution in [-0.2, 0) is 11.2 Å². The minimum Gasteiger partial charge on any atom is -0.493 e. The zero-order valence-corrected chi connectivity index (χ0v) is 14.3. The van der Waals surface area contributed by atoms with Crippen molar-refractivity contribution in [2.24, 2.45) is 0 Å². The first-order valence-electron chi connectivity index (χ1n) is 8.41. The van der Waals surface area contributed by atoms with Gasteiger partial charge in [0, 0.05) is 31.9 Å². The van der Waals surface area contributed by atoms with Crippen LogP contribution in [0.1, 0.15) is 32.8 Å². The van der Waals surface area contributed by atoms with E-state index in [0.717, 1.165) is 38.3 Å². The third-order valence-electron chi connectivity index (χ3n) is 4.19. The smallest absolute Gasteiger partial charge is 0.410 e. The van der Waals surface area contributed by atoms with Gasteiger partial charge in [-0.2, -0.15) is 0 Å². The van der Waals surface area contributed by atoms with E-state index >= 15 is 0 Å². The van der Waals surface area contributed by atoms with Gasteiger partial charge in [0.25, 0.3) is 0 Å². The van der Waals surface area contributed by atoms with Crippen molar-refractivity contribution in [1.29, 1.82) is 0 Å². The van der Waals surface area contributed by atoms with Crippen molar-refractivity contribution < 1.29 is 14.3 Å². The summed E-state index contributed by atoms with van der Waals surface area (Å²) in [5.74, 6) is 1.02. The van der Waals surface area contributed by atoms with E-state index in [9.17, 15) is 4.79 Å². The Kier molecular flexibility index (Phi) is 4.37. The van der Waals surface area contributed by atoms with Gasteiger partial charge in [0.05, 0.1) is 6.61 Å². The number of aryl methyl sites for hydroxylation is 1. The van der Waals surface area contributed by atoms with E-state index in [1.54, 1.807) is 4.90 Å². The number of carbonyl (C=O) groups is 1. The molecule has 1 aromatic carbocycles. The van der Waals surface area contributed by atoms with Crippen molar-refractivity contribution in [2.75, 3.05) is 37.7 Å². The number of fused-ring (bicyclic) bond motifs is 1. The van der Waals surface area contributed by atoms with Gasteiger partial charge < -0.3 is 19.3 Å². The molecule has 1 fully saturated rings. The fourth-order valence-corrected chi connectivity index (χ4v) is 3.02. The first-order valence-corrected chi connectivity index (χ1v) is 8.41. The van der Waals surface area contributed by atoms with E-state index in [1.807, 2.05) is 20.8 Å².